The maximum Gasteiger partial charge on any atom is 0.194 e. The number of aromatic nitrogens is 2. The van der Waals surface area contributed by atoms with Gasteiger partial charge in [0.25, 0.3) is 0 Å². The van der Waals surface area contributed by atoms with Gasteiger partial charge in [0.15, 0.2) is 4.96 Å². The zero-order valence-electron chi connectivity index (χ0n) is 11.4. The Morgan fingerprint density at radius 2 is 2.22 bits per heavy atom. The third kappa shape index (κ3) is 2.43. The van der Waals surface area contributed by atoms with E-state index >= 15 is 0 Å². The van der Waals surface area contributed by atoms with Crippen molar-refractivity contribution in [2.75, 3.05) is 6.61 Å². The number of rotatable bonds is 5. The molecule has 2 aromatic heterocycles. The first-order chi connectivity index (χ1) is 8.49. The summed E-state index contributed by atoms with van der Waals surface area (Å²) < 4.78 is 2.15. The van der Waals surface area contributed by atoms with E-state index in [9.17, 15) is 5.11 Å². The number of nitrogens with one attached hydrogen (secondary N) is 1. The van der Waals surface area contributed by atoms with Crippen molar-refractivity contribution >= 4 is 16.3 Å². The van der Waals surface area contributed by atoms with Crippen molar-refractivity contribution in [3.05, 3.63) is 22.5 Å². The highest BCUT2D eigenvalue weighted by molar-refractivity contribution is 7.17. The Bertz CT molecular complexity index is 540. The van der Waals surface area contributed by atoms with Gasteiger partial charge in [0.05, 0.1) is 18.0 Å². The molecule has 0 aliphatic carbocycles. The average molecular weight is 267 g/mol. The quantitative estimate of drug-likeness (QED) is 0.873. The summed E-state index contributed by atoms with van der Waals surface area (Å²) in [6, 6.07) is 0. The van der Waals surface area contributed by atoms with Crippen LogP contribution in [-0.2, 0) is 6.54 Å². The molecule has 0 spiro atoms. The van der Waals surface area contributed by atoms with Gasteiger partial charge in [0.2, 0.25) is 0 Å². The number of aliphatic hydroxyl groups excluding tert-OH is 1. The van der Waals surface area contributed by atoms with E-state index in [2.05, 4.69) is 34.7 Å². The monoisotopic (exact) mass is 267 g/mol. The summed E-state index contributed by atoms with van der Waals surface area (Å²) in [7, 11) is 0. The van der Waals surface area contributed by atoms with E-state index < -0.39 is 0 Å². The van der Waals surface area contributed by atoms with E-state index in [0.29, 0.717) is 0 Å². The number of thiazole rings is 1. The lowest BCUT2D eigenvalue weighted by atomic mass is 10.0. The van der Waals surface area contributed by atoms with Crippen LogP contribution in [0.15, 0.2) is 6.20 Å². The molecule has 0 amide bonds. The molecule has 0 aliphatic rings. The zero-order chi connectivity index (χ0) is 13.3. The lowest BCUT2D eigenvalue weighted by molar-refractivity contribution is 0.168. The van der Waals surface area contributed by atoms with Gasteiger partial charge < -0.3 is 10.4 Å². The van der Waals surface area contributed by atoms with E-state index in [0.717, 1.165) is 23.6 Å². The molecule has 1 unspecified atom stereocenters. The fourth-order valence-corrected chi connectivity index (χ4v) is 2.80. The fraction of sp³-hybridized carbons (Fsp3) is 0.615. The molecule has 18 heavy (non-hydrogen) atoms. The molecule has 0 saturated carbocycles. The Balaban J connectivity index is 2.23. The molecule has 4 nitrogen and oxygen atoms in total. The van der Waals surface area contributed by atoms with Gasteiger partial charge in [0, 0.05) is 23.2 Å². The summed E-state index contributed by atoms with van der Waals surface area (Å²) in [4.78, 5) is 6.87. The van der Waals surface area contributed by atoms with Gasteiger partial charge in [-0.2, -0.15) is 0 Å². The van der Waals surface area contributed by atoms with Crippen molar-refractivity contribution in [2.24, 2.45) is 0 Å². The maximum atomic E-state index is 9.42. The topological polar surface area (TPSA) is 49.6 Å². The predicted octanol–water partition coefficient (Wildman–Crippen LogP) is 2.26. The number of hydrogen-bond donors (Lipinski definition) is 2. The molecule has 0 aromatic carbocycles. The molecule has 0 radical (unpaired) electrons. The molecule has 0 aliphatic heterocycles. The van der Waals surface area contributed by atoms with E-state index in [1.165, 1.54) is 10.6 Å². The van der Waals surface area contributed by atoms with Crippen molar-refractivity contribution in [1.29, 1.82) is 0 Å². The average Bonchev–Trinajstić information content (AvgIpc) is 2.82. The van der Waals surface area contributed by atoms with Crippen LogP contribution in [0.4, 0.5) is 0 Å². The van der Waals surface area contributed by atoms with Gasteiger partial charge in [-0.05, 0) is 27.2 Å². The Hall–Kier alpha value is -0.910. The Labute approximate surface area is 112 Å². The lowest BCUT2D eigenvalue weighted by Gasteiger charge is -2.27. The molecule has 2 N–H and O–H groups in total. The summed E-state index contributed by atoms with van der Waals surface area (Å²) >= 11 is 1.71. The molecule has 2 rings (SSSR count). The van der Waals surface area contributed by atoms with Gasteiger partial charge in [-0.1, -0.05) is 6.92 Å². The summed E-state index contributed by atoms with van der Waals surface area (Å²) in [6.07, 6.45) is 3.02. The first kappa shape index (κ1) is 13.5. The third-order valence-corrected chi connectivity index (χ3v) is 4.45. The van der Waals surface area contributed by atoms with Crippen molar-refractivity contribution in [3.8, 4) is 0 Å². The second-order valence-electron chi connectivity index (χ2n) is 5.06. The van der Waals surface area contributed by atoms with E-state index in [1.54, 1.807) is 11.3 Å². The summed E-state index contributed by atoms with van der Waals surface area (Å²) in [5.74, 6) is 0. The molecule has 0 fully saturated rings. The van der Waals surface area contributed by atoms with E-state index in [-0.39, 0.29) is 12.1 Å². The minimum atomic E-state index is -0.221. The van der Waals surface area contributed by atoms with Crippen LogP contribution in [-0.4, -0.2) is 26.6 Å². The molecule has 5 heteroatoms. The Morgan fingerprint density at radius 3 is 2.83 bits per heavy atom. The Kier molecular flexibility index (Phi) is 3.75. The van der Waals surface area contributed by atoms with Gasteiger partial charge >= 0.3 is 0 Å². The van der Waals surface area contributed by atoms with Crippen LogP contribution in [0.5, 0.6) is 0 Å². The standard InChI is InChI=1S/C13H21N3OS/c1-5-13(4,8-17)14-6-11-10(3)15-12-16(11)7-9(2)18-12/h7,14,17H,5-6,8H2,1-4H3. The first-order valence-electron chi connectivity index (χ1n) is 6.29. The number of nitrogens with zero attached hydrogens (tertiary/aromatic N) is 2. The van der Waals surface area contributed by atoms with Gasteiger partial charge in [-0.15, -0.1) is 11.3 Å². The van der Waals surface area contributed by atoms with Gasteiger partial charge in [-0.25, -0.2) is 4.98 Å². The van der Waals surface area contributed by atoms with E-state index in [4.69, 9.17) is 0 Å². The number of imidazole rings is 1. The normalized spacial score (nSPS) is 15.2. The van der Waals surface area contributed by atoms with Crippen molar-refractivity contribution in [2.45, 2.75) is 46.2 Å². The predicted molar refractivity (Wildman–Crippen MR) is 75.2 cm³/mol. The Morgan fingerprint density at radius 1 is 1.50 bits per heavy atom. The first-order valence-corrected chi connectivity index (χ1v) is 7.10. The molecule has 2 heterocycles. The summed E-state index contributed by atoms with van der Waals surface area (Å²) in [6.45, 7) is 9.13. The van der Waals surface area contributed by atoms with Crippen LogP contribution in [0.1, 0.15) is 36.5 Å². The molecule has 0 bridgehead atoms. The fourth-order valence-electron chi connectivity index (χ4n) is 1.91. The second kappa shape index (κ2) is 4.99. The molecule has 0 saturated heterocycles. The van der Waals surface area contributed by atoms with Crippen LogP contribution < -0.4 is 5.32 Å². The highest BCUT2D eigenvalue weighted by atomic mass is 32.1. The van der Waals surface area contributed by atoms with Crippen LogP contribution >= 0.6 is 11.3 Å². The van der Waals surface area contributed by atoms with Crippen LogP contribution in [0.25, 0.3) is 4.96 Å². The molecular formula is C13H21N3OS. The van der Waals surface area contributed by atoms with E-state index in [1.807, 2.05) is 13.8 Å². The summed E-state index contributed by atoms with van der Waals surface area (Å²) in [5.41, 5.74) is 2.02. The number of aliphatic hydroxyl groups is 1. The van der Waals surface area contributed by atoms with Crippen molar-refractivity contribution in [1.82, 2.24) is 14.7 Å². The van der Waals surface area contributed by atoms with Gasteiger partial charge in [0.1, 0.15) is 0 Å². The second-order valence-corrected chi connectivity index (χ2v) is 6.28. The highest BCUT2D eigenvalue weighted by Crippen LogP contribution is 2.21. The van der Waals surface area contributed by atoms with Crippen LogP contribution in [0.2, 0.25) is 0 Å². The lowest BCUT2D eigenvalue weighted by Crippen LogP contribution is -2.44. The van der Waals surface area contributed by atoms with Crippen molar-refractivity contribution in [3.63, 3.8) is 0 Å². The van der Waals surface area contributed by atoms with Crippen LogP contribution in [0.3, 0.4) is 0 Å². The minimum Gasteiger partial charge on any atom is -0.394 e. The van der Waals surface area contributed by atoms with Crippen molar-refractivity contribution < 1.29 is 5.11 Å². The molecule has 2 aromatic rings. The number of aryl methyl sites for hydroxylation is 2. The highest BCUT2D eigenvalue weighted by Gasteiger charge is 2.21. The SMILES string of the molecule is CCC(C)(CO)NCc1c(C)nc2sc(C)cn12. The van der Waals surface area contributed by atoms with Crippen LogP contribution in [0, 0.1) is 13.8 Å². The molecule has 100 valence electrons. The number of fused-ring (bicyclic) bond motifs is 1. The minimum absolute atomic E-state index is 0.146. The molecule has 1 atom stereocenters. The summed E-state index contributed by atoms with van der Waals surface area (Å²) in [5, 5.41) is 12.9. The largest absolute Gasteiger partial charge is 0.394 e. The zero-order valence-corrected chi connectivity index (χ0v) is 12.3. The van der Waals surface area contributed by atoms with Gasteiger partial charge in [-0.3, -0.25) is 4.40 Å². The molecular weight excluding hydrogens is 246 g/mol. The number of hydrogen-bond acceptors (Lipinski definition) is 4. The smallest absolute Gasteiger partial charge is 0.194 e. The third-order valence-electron chi connectivity index (χ3n) is 3.55. The maximum absolute atomic E-state index is 9.42.